The zero-order chi connectivity index (χ0) is 25.5. The van der Waals surface area contributed by atoms with E-state index in [0.717, 1.165) is 22.9 Å². The Morgan fingerprint density at radius 3 is 2.69 bits per heavy atom. The smallest absolute Gasteiger partial charge is 0.411 e. The molecule has 0 saturated carbocycles. The molecule has 0 aliphatic heterocycles. The second-order valence-electron chi connectivity index (χ2n) is 7.83. The molecule has 0 radical (unpaired) electrons. The second kappa shape index (κ2) is 8.84. The van der Waals surface area contributed by atoms with E-state index in [9.17, 15) is 27.6 Å². The summed E-state index contributed by atoms with van der Waals surface area (Å²) in [7, 11) is 1.67. The third kappa shape index (κ3) is 4.18. The van der Waals surface area contributed by atoms with Crippen LogP contribution in [0.5, 0.6) is 0 Å². The predicted octanol–water partition coefficient (Wildman–Crippen LogP) is 2.74. The number of alkyl halides is 4. The Balaban J connectivity index is 1.91. The maximum atomic E-state index is 13.8. The average molecular weight is 510 g/mol. The molecule has 4 rings (SSSR count). The van der Waals surface area contributed by atoms with Gasteiger partial charge in [-0.3, -0.25) is 13.9 Å². The summed E-state index contributed by atoms with van der Waals surface area (Å²) in [4.78, 5) is 36.1. The van der Waals surface area contributed by atoms with Crippen LogP contribution in [0.3, 0.4) is 0 Å². The van der Waals surface area contributed by atoms with E-state index in [0.29, 0.717) is 15.6 Å². The molecule has 0 saturated heterocycles. The molecule has 1 aliphatic rings. The number of allylic oxidation sites excluding steroid dienone is 4. The van der Waals surface area contributed by atoms with Crippen molar-refractivity contribution in [3.05, 3.63) is 75.1 Å². The highest BCUT2D eigenvalue weighted by molar-refractivity contribution is 6.26. The zero-order valence-corrected chi connectivity index (χ0v) is 19.2. The van der Waals surface area contributed by atoms with Gasteiger partial charge in [-0.05, 0) is 25.1 Å². The molecule has 0 fully saturated rings. The summed E-state index contributed by atoms with van der Waals surface area (Å²) in [5.41, 5.74) is -1.28. The van der Waals surface area contributed by atoms with E-state index in [1.165, 1.54) is 35.9 Å². The highest BCUT2D eigenvalue weighted by Crippen LogP contribution is 2.45. The fourth-order valence-electron chi connectivity index (χ4n) is 3.83. The van der Waals surface area contributed by atoms with Crippen LogP contribution in [-0.4, -0.2) is 47.8 Å². The normalized spacial score (nSPS) is 19.9. The number of halogens is 4. The van der Waals surface area contributed by atoms with E-state index < -0.39 is 46.3 Å². The van der Waals surface area contributed by atoms with Gasteiger partial charge in [0.05, 0.1) is 17.8 Å². The minimum atomic E-state index is -4.88. The standard InChI is InChI=1S/C22H19ClF3N5O4/c1-3-35-19(33)15-12-30(14-7-8-17-16(10-14)27-28-29(17)2)20(34)31(18(15)32)11-13-6-4-5-9-21(13,23)22(24,25)26/h4-10,12-13H,3,11H2,1-2H3. The van der Waals surface area contributed by atoms with Crippen molar-refractivity contribution in [2.45, 2.75) is 24.5 Å². The van der Waals surface area contributed by atoms with E-state index in [1.807, 2.05) is 0 Å². The Labute approximate surface area is 200 Å². The molecule has 1 aliphatic carbocycles. The van der Waals surface area contributed by atoms with Gasteiger partial charge in [0, 0.05) is 25.7 Å². The lowest BCUT2D eigenvalue weighted by Gasteiger charge is -2.34. The molecule has 3 aromatic rings. The minimum Gasteiger partial charge on any atom is -0.462 e. The minimum absolute atomic E-state index is 0.0576. The van der Waals surface area contributed by atoms with Gasteiger partial charge in [0.1, 0.15) is 11.1 Å². The number of nitrogens with zero attached hydrogens (tertiary/aromatic N) is 5. The number of aryl methyl sites for hydroxylation is 1. The van der Waals surface area contributed by atoms with Crippen LogP contribution in [0, 0.1) is 5.92 Å². The summed E-state index contributed by atoms with van der Waals surface area (Å²) < 4.78 is 49.4. The van der Waals surface area contributed by atoms with Gasteiger partial charge in [-0.2, -0.15) is 13.2 Å². The van der Waals surface area contributed by atoms with Gasteiger partial charge in [-0.1, -0.05) is 29.5 Å². The van der Waals surface area contributed by atoms with Gasteiger partial charge in [0.15, 0.2) is 4.87 Å². The fraction of sp³-hybridized carbons (Fsp3) is 0.318. The average Bonchev–Trinajstić information content (AvgIpc) is 3.17. The number of carbonyl (C=O) groups is 1. The molecular formula is C22H19ClF3N5O4. The first-order valence-electron chi connectivity index (χ1n) is 10.4. The number of fused-ring (bicyclic) bond motifs is 1. The molecule has 2 heterocycles. The van der Waals surface area contributed by atoms with Gasteiger partial charge in [-0.15, -0.1) is 16.7 Å². The monoisotopic (exact) mass is 509 g/mol. The van der Waals surface area contributed by atoms with Crippen LogP contribution in [0.2, 0.25) is 0 Å². The summed E-state index contributed by atoms with van der Waals surface area (Å²) in [6.07, 6.45) is 0.546. The number of esters is 1. The van der Waals surface area contributed by atoms with Crippen molar-refractivity contribution < 1.29 is 22.7 Å². The Morgan fingerprint density at radius 2 is 2.00 bits per heavy atom. The maximum absolute atomic E-state index is 13.8. The van der Waals surface area contributed by atoms with Crippen molar-refractivity contribution in [3.8, 4) is 5.69 Å². The Kier molecular flexibility index (Phi) is 6.18. The lowest BCUT2D eigenvalue weighted by molar-refractivity contribution is -0.159. The van der Waals surface area contributed by atoms with Crippen molar-refractivity contribution in [1.29, 1.82) is 0 Å². The first-order chi connectivity index (χ1) is 16.5. The third-order valence-corrected chi connectivity index (χ3v) is 6.31. The summed E-state index contributed by atoms with van der Waals surface area (Å²) in [6.45, 7) is 0.735. The number of hydrogen-bond acceptors (Lipinski definition) is 6. The molecule has 0 amide bonds. The van der Waals surface area contributed by atoms with Crippen LogP contribution in [0.25, 0.3) is 16.7 Å². The molecule has 0 spiro atoms. The zero-order valence-electron chi connectivity index (χ0n) is 18.5. The topological polar surface area (TPSA) is 101 Å². The molecule has 184 valence electrons. The highest BCUT2D eigenvalue weighted by Gasteiger charge is 2.56. The summed E-state index contributed by atoms with van der Waals surface area (Å²) >= 11 is 5.95. The predicted molar refractivity (Wildman–Crippen MR) is 121 cm³/mol. The number of benzene rings is 1. The van der Waals surface area contributed by atoms with Crippen LogP contribution in [-0.2, 0) is 18.3 Å². The van der Waals surface area contributed by atoms with Crippen molar-refractivity contribution in [1.82, 2.24) is 24.1 Å². The van der Waals surface area contributed by atoms with Crippen molar-refractivity contribution in [2.24, 2.45) is 13.0 Å². The Bertz CT molecular complexity index is 1490. The molecule has 35 heavy (non-hydrogen) atoms. The third-order valence-electron chi connectivity index (χ3n) is 5.69. The fourth-order valence-corrected chi connectivity index (χ4v) is 4.04. The molecule has 2 atom stereocenters. The van der Waals surface area contributed by atoms with E-state index >= 15 is 0 Å². The van der Waals surface area contributed by atoms with Crippen LogP contribution in [0.4, 0.5) is 13.2 Å². The van der Waals surface area contributed by atoms with Crippen LogP contribution < -0.4 is 11.2 Å². The Hall–Kier alpha value is -3.67. The largest absolute Gasteiger partial charge is 0.462 e. The number of aromatic nitrogens is 5. The molecule has 2 aromatic heterocycles. The number of ether oxygens (including phenoxy) is 1. The van der Waals surface area contributed by atoms with E-state index in [-0.39, 0.29) is 12.3 Å². The van der Waals surface area contributed by atoms with Gasteiger partial charge >= 0.3 is 17.8 Å². The van der Waals surface area contributed by atoms with Crippen molar-refractivity contribution in [2.75, 3.05) is 6.61 Å². The van der Waals surface area contributed by atoms with E-state index in [1.54, 1.807) is 13.1 Å². The molecular weight excluding hydrogens is 491 g/mol. The SMILES string of the molecule is CCOC(=O)c1cn(-c2ccc3c(c2)nnn3C)c(=O)n(CC2C=CC=CC2(Cl)C(F)(F)F)c1=O. The van der Waals surface area contributed by atoms with Crippen LogP contribution in [0.1, 0.15) is 17.3 Å². The van der Waals surface area contributed by atoms with E-state index in [4.69, 9.17) is 16.3 Å². The van der Waals surface area contributed by atoms with Gasteiger partial charge < -0.3 is 4.74 Å². The summed E-state index contributed by atoms with van der Waals surface area (Å²) in [5, 5.41) is 7.86. The Morgan fingerprint density at radius 1 is 1.26 bits per heavy atom. The second-order valence-corrected chi connectivity index (χ2v) is 8.46. The molecule has 13 heteroatoms. The molecule has 9 nitrogen and oxygen atoms in total. The first-order valence-corrected chi connectivity index (χ1v) is 10.8. The van der Waals surface area contributed by atoms with Crippen molar-refractivity contribution >= 4 is 28.6 Å². The maximum Gasteiger partial charge on any atom is 0.411 e. The highest BCUT2D eigenvalue weighted by atomic mass is 35.5. The van der Waals surface area contributed by atoms with Crippen LogP contribution in [0.15, 0.2) is 58.3 Å². The van der Waals surface area contributed by atoms with Crippen molar-refractivity contribution in [3.63, 3.8) is 0 Å². The molecule has 0 N–H and O–H groups in total. The number of rotatable bonds is 5. The van der Waals surface area contributed by atoms with E-state index in [2.05, 4.69) is 10.3 Å². The summed E-state index contributed by atoms with van der Waals surface area (Å²) in [5.74, 6) is -2.53. The van der Waals surface area contributed by atoms with Gasteiger partial charge in [-0.25, -0.2) is 14.3 Å². The number of carbonyl (C=O) groups excluding carboxylic acids is 1. The lowest BCUT2D eigenvalue weighted by atomic mass is 9.86. The lowest BCUT2D eigenvalue weighted by Crippen LogP contribution is -2.50. The quantitative estimate of drug-likeness (QED) is 0.387. The first kappa shape index (κ1) is 24.5. The number of hydrogen-bond donors (Lipinski definition) is 0. The van der Waals surface area contributed by atoms with Gasteiger partial charge in [0.25, 0.3) is 5.56 Å². The summed E-state index contributed by atoms with van der Waals surface area (Å²) in [6, 6.07) is 4.65. The van der Waals surface area contributed by atoms with Crippen LogP contribution >= 0.6 is 11.6 Å². The van der Waals surface area contributed by atoms with Gasteiger partial charge in [0.2, 0.25) is 0 Å². The molecule has 0 bridgehead atoms. The molecule has 2 unspecified atom stereocenters. The molecule has 1 aromatic carbocycles.